The molecule has 3 aromatic rings. The Morgan fingerprint density at radius 3 is 2.58 bits per heavy atom. The maximum Gasteiger partial charge on any atom is 0.226 e. The van der Waals surface area contributed by atoms with Crippen LogP contribution in [0.2, 0.25) is 5.02 Å². The van der Waals surface area contributed by atoms with E-state index >= 15 is 0 Å². The molecule has 0 atom stereocenters. The zero-order valence-corrected chi connectivity index (χ0v) is 15.4. The number of carbonyl (C=O) groups is 1. The van der Waals surface area contributed by atoms with Gasteiger partial charge in [-0.3, -0.25) is 4.79 Å². The molecular formula is C19H15ClF2N2OS. The van der Waals surface area contributed by atoms with Crippen LogP contribution in [-0.4, -0.2) is 10.9 Å². The van der Waals surface area contributed by atoms with Gasteiger partial charge in [0, 0.05) is 21.9 Å². The molecule has 0 saturated heterocycles. The minimum absolute atomic E-state index is 0.162. The van der Waals surface area contributed by atoms with Gasteiger partial charge < -0.3 is 5.32 Å². The molecule has 3 rings (SSSR count). The molecule has 2 aromatic carbocycles. The molecule has 0 aliphatic heterocycles. The van der Waals surface area contributed by atoms with Crippen LogP contribution in [0.15, 0.2) is 42.5 Å². The van der Waals surface area contributed by atoms with E-state index in [1.54, 1.807) is 12.1 Å². The third kappa shape index (κ3) is 4.45. The molecule has 1 aromatic heterocycles. The van der Waals surface area contributed by atoms with Gasteiger partial charge in [0.1, 0.15) is 0 Å². The van der Waals surface area contributed by atoms with Gasteiger partial charge in [0.2, 0.25) is 5.91 Å². The van der Waals surface area contributed by atoms with Gasteiger partial charge in [-0.25, -0.2) is 13.8 Å². The number of aryl methyl sites for hydroxylation is 2. The molecule has 1 N–H and O–H groups in total. The average Bonchev–Trinajstić information content (AvgIpc) is 2.97. The third-order valence-corrected chi connectivity index (χ3v) is 4.93. The number of amides is 1. The second-order valence-corrected chi connectivity index (χ2v) is 7.37. The monoisotopic (exact) mass is 392 g/mol. The molecule has 0 spiro atoms. The van der Waals surface area contributed by atoms with E-state index in [0.29, 0.717) is 34.3 Å². The minimum atomic E-state index is -0.927. The minimum Gasteiger partial charge on any atom is -0.302 e. The summed E-state index contributed by atoms with van der Waals surface area (Å²) in [5, 5.41) is 3.84. The maximum atomic E-state index is 13.4. The van der Waals surface area contributed by atoms with E-state index in [4.69, 9.17) is 11.6 Å². The summed E-state index contributed by atoms with van der Waals surface area (Å²) in [7, 11) is 0. The van der Waals surface area contributed by atoms with E-state index in [2.05, 4.69) is 10.3 Å². The molecule has 0 bridgehead atoms. The number of hydrogen-bond donors (Lipinski definition) is 1. The van der Waals surface area contributed by atoms with Crippen LogP contribution in [0.1, 0.15) is 16.9 Å². The summed E-state index contributed by atoms with van der Waals surface area (Å²) in [5.74, 6) is -1.99. The summed E-state index contributed by atoms with van der Waals surface area (Å²) in [6.45, 7) is 1.82. The standard InChI is InChI=1S/C19H15ClF2N2OS/c1-11-18(13-5-8-15(21)16(22)10-13)24-19(26-11)23-17(25)9-4-12-2-6-14(20)7-3-12/h2-3,5-8,10H,4,9H2,1H3,(H,23,24,25). The summed E-state index contributed by atoms with van der Waals surface area (Å²) in [6.07, 6.45) is 0.893. The van der Waals surface area contributed by atoms with Crippen LogP contribution in [0.5, 0.6) is 0 Å². The number of aromatic nitrogens is 1. The summed E-state index contributed by atoms with van der Waals surface area (Å²) in [4.78, 5) is 17.3. The van der Waals surface area contributed by atoms with E-state index in [0.717, 1.165) is 22.6 Å². The van der Waals surface area contributed by atoms with Crippen molar-refractivity contribution < 1.29 is 13.6 Å². The van der Waals surface area contributed by atoms with E-state index in [1.807, 2.05) is 19.1 Å². The second-order valence-electron chi connectivity index (χ2n) is 5.73. The Labute approximate surface area is 158 Å². The first-order chi connectivity index (χ1) is 12.4. The van der Waals surface area contributed by atoms with Gasteiger partial charge in [-0.15, -0.1) is 11.3 Å². The van der Waals surface area contributed by atoms with Crippen LogP contribution in [0.25, 0.3) is 11.3 Å². The smallest absolute Gasteiger partial charge is 0.226 e. The van der Waals surface area contributed by atoms with Crippen LogP contribution in [0.3, 0.4) is 0 Å². The molecule has 1 amide bonds. The fourth-order valence-electron chi connectivity index (χ4n) is 2.45. The van der Waals surface area contributed by atoms with Crippen molar-refractivity contribution in [1.29, 1.82) is 0 Å². The van der Waals surface area contributed by atoms with Crippen LogP contribution >= 0.6 is 22.9 Å². The third-order valence-electron chi connectivity index (χ3n) is 3.79. The maximum absolute atomic E-state index is 13.4. The van der Waals surface area contributed by atoms with Crippen LogP contribution in [0, 0.1) is 18.6 Å². The van der Waals surface area contributed by atoms with E-state index < -0.39 is 11.6 Å². The van der Waals surface area contributed by atoms with E-state index in [9.17, 15) is 13.6 Å². The average molecular weight is 393 g/mol. The quantitative estimate of drug-likeness (QED) is 0.612. The van der Waals surface area contributed by atoms with Gasteiger partial charge >= 0.3 is 0 Å². The highest BCUT2D eigenvalue weighted by atomic mass is 35.5. The van der Waals surface area contributed by atoms with Crippen molar-refractivity contribution >= 4 is 34.0 Å². The zero-order valence-electron chi connectivity index (χ0n) is 13.9. The molecule has 0 aliphatic carbocycles. The van der Waals surface area contributed by atoms with Crippen molar-refractivity contribution in [3.63, 3.8) is 0 Å². The van der Waals surface area contributed by atoms with E-state index in [1.165, 1.54) is 17.4 Å². The van der Waals surface area contributed by atoms with Crippen LogP contribution in [-0.2, 0) is 11.2 Å². The lowest BCUT2D eigenvalue weighted by atomic mass is 10.1. The van der Waals surface area contributed by atoms with Crippen molar-refractivity contribution in [3.05, 3.63) is 69.6 Å². The number of rotatable bonds is 5. The van der Waals surface area contributed by atoms with Gasteiger partial charge in [-0.2, -0.15) is 0 Å². The molecule has 134 valence electrons. The Bertz CT molecular complexity index is 941. The second kappa shape index (κ2) is 7.93. The molecular weight excluding hydrogens is 378 g/mol. The molecule has 1 heterocycles. The van der Waals surface area contributed by atoms with Gasteiger partial charge in [0.25, 0.3) is 0 Å². The number of halogens is 3. The van der Waals surface area contributed by atoms with Crippen molar-refractivity contribution in [2.75, 3.05) is 5.32 Å². The number of hydrogen-bond acceptors (Lipinski definition) is 3. The first-order valence-corrected chi connectivity index (χ1v) is 9.09. The summed E-state index contributed by atoms with van der Waals surface area (Å²) in [6, 6.07) is 11.0. The Kier molecular flexibility index (Phi) is 5.64. The predicted molar refractivity (Wildman–Crippen MR) is 101 cm³/mol. The number of thiazole rings is 1. The highest BCUT2D eigenvalue weighted by Crippen LogP contribution is 2.31. The number of nitrogens with zero attached hydrogens (tertiary/aromatic N) is 1. The Morgan fingerprint density at radius 2 is 1.88 bits per heavy atom. The molecule has 7 heteroatoms. The Morgan fingerprint density at radius 1 is 1.15 bits per heavy atom. The van der Waals surface area contributed by atoms with Crippen molar-refractivity contribution in [2.45, 2.75) is 19.8 Å². The van der Waals surface area contributed by atoms with Crippen molar-refractivity contribution in [3.8, 4) is 11.3 Å². The number of nitrogens with one attached hydrogen (secondary N) is 1. The van der Waals surface area contributed by atoms with Crippen LogP contribution < -0.4 is 5.32 Å². The highest BCUT2D eigenvalue weighted by molar-refractivity contribution is 7.16. The predicted octanol–water partition coefficient (Wildman–Crippen LogP) is 5.62. The normalized spacial score (nSPS) is 10.8. The van der Waals surface area contributed by atoms with Crippen molar-refractivity contribution in [1.82, 2.24) is 4.98 Å². The topological polar surface area (TPSA) is 42.0 Å². The first kappa shape index (κ1) is 18.5. The SMILES string of the molecule is Cc1sc(NC(=O)CCc2ccc(Cl)cc2)nc1-c1ccc(F)c(F)c1. The van der Waals surface area contributed by atoms with Gasteiger partial charge in [0.15, 0.2) is 16.8 Å². The van der Waals surface area contributed by atoms with Gasteiger partial charge in [-0.05, 0) is 49.2 Å². The molecule has 0 saturated carbocycles. The fraction of sp³-hybridized carbons (Fsp3) is 0.158. The highest BCUT2D eigenvalue weighted by Gasteiger charge is 2.14. The lowest BCUT2D eigenvalue weighted by Gasteiger charge is -2.03. The molecule has 0 unspecified atom stereocenters. The number of anilines is 1. The summed E-state index contributed by atoms with van der Waals surface area (Å²) < 4.78 is 26.5. The van der Waals surface area contributed by atoms with Crippen LogP contribution in [0.4, 0.5) is 13.9 Å². The summed E-state index contributed by atoms with van der Waals surface area (Å²) in [5.41, 5.74) is 2.02. The zero-order chi connectivity index (χ0) is 18.7. The van der Waals surface area contributed by atoms with Gasteiger partial charge in [0.05, 0.1) is 5.69 Å². The molecule has 0 aliphatic rings. The lowest BCUT2D eigenvalue weighted by Crippen LogP contribution is -2.12. The molecule has 26 heavy (non-hydrogen) atoms. The van der Waals surface area contributed by atoms with Crippen molar-refractivity contribution in [2.24, 2.45) is 0 Å². The Balaban J connectivity index is 1.65. The molecule has 0 radical (unpaired) electrons. The van der Waals surface area contributed by atoms with Gasteiger partial charge in [-0.1, -0.05) is 23.7 Å². The largest absolute Gasteiger partial charge is 0.302 e. The first-order valence-electron chi connectivity index (χ1n) is 7.89. The molecule has 3 nitrogen and oxygen atoms in total. The lowest BCUT2D eigenvalue weighted by molar-refractivity contribution is -0.116. The number of benzene rings is 2. The van der Waals surface area contributed by atoms with E-state index in [-0.39, 0.29) is 5.91 Å². The Hall–Kier alpha value is -2.31. The number of carbonyl (C=O) groups excluding carboxylic acids is 1. The summed E-state index contributed by atoms with van der Waals surface area (Å²) >= 11 is 7.13. The fourth-order valence-corrected chi connectivity index (χ4v) is 3.43. The molecule has 0 fully saturated rings.